The number of likely N-dealkylation sites (tertiary alicyclic amines) is 1. The number of rotatable bonds is 6. The zero-order valence-corrected chi connectivity index (χ0v) is 15.3. The summed E-state index contributed by atoms with van der Waals surface area (Å²) in [6, 6.07) is 9.84. The van der Waals surface area contributed by atoms with E-state index in [-0.39, 0.29) is 5.91 Å². The lowest BCUT2D eigenvalue weighted by Crippen LogP contribution is -2.42. The van der Waals surface area contributed by atoms with Crippen LogP contribution in [0, 0.1) is 5.92 Å². The van der Waals surface area contributed by atoms with Crippen molar-refractivity contribution < 1.29 is 4.79 Å². The van der Waals surface area contributed by atoms with E-state index in [2.05, 4.69) is 27.6 Å². The maximum Gasteiger partial charge on any atom is 0.240 e. The summed E-state index contributed by atoms with van der Waals surface area (Å²) < 4.78 is 2.29. The number of carbonyl (C=O) groups excluding carboxylic acids is 1. The number of hydrogen-bond donors (Lipinski definition) is 0. The predicted octanol–water partition coefficient (Wildman–Crippen LogP) is 2.82. The summed E-state index contributed by atoms with van der Waals surface area (Å²) in [5, 5.41) is 0. The highest BCUT2D eigenvalue weighted by Gasteiger charge is 2.23. The van der Waals surface area contributed by atoms with Crippen LogP contribution in [0.15, 0.2) is 42.7 Å². The fourth-order valence-electron chi connectivity index (χ4n) is 3.52. The Kier molecular flexibility index (Phi) is 5.87. The van der Waals surface area contributed by atoms with Crippen molar-refractivity contribution in [2.75, 3.05) is 31.6 Å². The topological polar surface area (TPSA) is 41.4 Å². The lowest BCUT2D eigenvalue weighted by Gasteiger charge is -2.32. The molecule has 1 aromatic carbocycles. The maximum absolute atomic E-state index is 12.5. The second-order valence-corrected chi connectivity index (χ2v) is 6.86. The molecule has 2 aromatic rings. The van der Waals surface area contributed by atoms with Gasteiger partial charge < -0.3 is 9.47 Å². The van der Waals surface area contributed by atoms with Crippen LogP contribution >= 0.6 is 0 Å². The van der Waals surface area contributed by atoms with Crippen LogP contribution in [0.1, 0.15) is 25.6 Å². The van der Waals surface area contributed by atoms with E-state index in [0.717, 1.165) is 44.6 Å². The van der Waals surface area contributed by atoms with E-state index < -0.39 is 0 Å². The highest BCUT2D eigenvalue weighted by molar-refractivity contribution is 5.94. The number of likely N-dealkylation sites (N-methyl/N-ethyl adjacent to an activating group) is 1. The van der Waals surface area contributed by atoms with Crippen molar-refractivity contribution in [3.05, 3.63) is 48.5 Å². The highest BCUT2D eigenvalue weighted by atomic mass is 16.2. The van der Waals surface area contributed by atoms with Crippen LogP contribution in [0.3, 0.4) is 0 Å². The first kappa shape index (κ1) is 17.7. The third kappa shape index (κ3) is 4.48. The van der Waals surface area contributed by atoms with E-state index >= 15 is 0 Å². The number of piperidine rings is 1. The monoisotopic (exact) mass is 340 g/mol. The van der Waals surface area contributed by atoms with E-state index in [0.29, 0.717) is 12.5 Å². The summed E-state index contributed by atoms with van der Waals surface area (Å²) >= 11 is 0. The molecule has 134 valence electrons. The van der Waals surface area contributed by atoms with Crippen molar-refractivity contribution >= 4 is 11.6 Å². The minimum absolute atomic E-state index is 0.160. The quantitative estimate of drug-likeness (QED) is 0.812. The zero-order valence-electron chi connectivity index (χ0n) is 15.3. The van der Waals surface area contributed by atoms with Gasteiger partial charge in [-0.05, 0) is 44.0 Å². The second-order valence-electron chi connectivity index (χ2n) is 6.86. The molecule has 0 spiro atoms. The Morgan fingerprint density at radius 3 is 2.64 bits per heavy atom. The third-order valence-electron chi connectivity index (χ3n) is 5.16. The molecule has 2 heterocycles. The minimum atomic E-state index is 0.160. The first-order valence-corrected chi connectivity index (χ1v) is 9.21. The molecule has 0 aliphatic carbocycles. The molecule has 1 aliphatic rings. The van der Waals surface area contributed by atoms with E-state index in [1.165, 1.54) is 5.82 Å². The Morgan fingerprint density at radius 2 is 1.96 bits per heavy atom. The van der Waals surface area contributed by atoms with Crippen molar-refractivity contribution in [3.8, 4) is 0 Å². The Bertz CT molecular complexity index is 674. The van der Waals surface area contributed by atoms with E-state index in [4.69, 9.17) is 0 Å². The van der Waals surface area contributed by atoms with Gasteiger partial charge in [-0.3, -0.25) is 9.69 Å². The number of amides is 1. The molecule has 1 fully saturated rings. The number of nitrogens with zero attached hydrogens (tertiary/aromatic N) is 4. The van der Waals surface area contributed by atoms with Gasteiger partial charge in [-0.2, -0.15) is 0 Å². The van der Waals surface area contributed by atoms with Crippen molar-refractivity contribution in [1.29, 1.82) is 0 Å². The Labute approximate surface area is 150 Å². The van der Waals surface area contributed by atoms with E-state index in [1.807, 2.05) is 43.6 Å². The van der Waals surface area contributed by atoms with E-state index in [9.17, 15) is 4.79 Å². The predicted molar refractivity (Wildman–Crippen MR) is 101 cm³/mol. The van der Waals surface area contributed by atoms with Gasteiger partial charge >= 0.3 is 0 Å². The molecule has 5 heteroatoms. The Morgan fingerprint density at radius 1 is 1.24 bits per heavy atom. The van der Waals surface area contributed by atoms with Crippen molar-refractivity contribution in [1.82, 2.24) is 14.5 Å². The average molecular weight is 340 g/mol. The van der Waals surface area contributed by atoms with Crippen LogP contribution in [0.5, 0.6) is 0 Å². The molecule has 5 nitrogen and oxygen atoms in total. The van der Waals surface area contributed by atoms with Crippen LogP contribution in [0.4, 0.5) is 5.69 Å². The summed E-state index contributed by atoms with van der Waals surface area (Å²) in [5.41, 5.74) is 0.953. The van der Waals surface area contributed by atoms with Gasteiger partial charge in [0.1, 0.15) is 5.82 Å². The van der Waals surface area contributed by atoms with Crippen molar-refractivity contribution in [2.24, 2.45) is 5.92 Å². The third-order valence-corrected chi connectivity index (χ3v) is 5.16. The first-order chi connectivity index (χ1) is 12.2. The fourth-order valence-corrected chi connectivity index (χ4v) is 3.52. The van der Waals surface area contributed by atoms with Gasteiger partial charge in [0.25, 0.3) is 0 Å². The second kappa shape index (κ2) is 8.30. The number of para-hydroxylation sites is 1. The van der Waals surface area contributed by atoms with E-state index in [1.54, 1.807) is 4.90 Å². The summed E-state index contributed by atoms with van der Waals surface area (Å²) in [6.45, 7) is 5.69. The maximum atomic E-state index is 12.5. The molecule has 0 saturated carbocycles. The van der Waals surface area contributed by atoms with Gasteiger partial charge in [0.05, 0.1) is 6.54 Å². The number of carbonyl (C=O) groups is 1. The lowest BCUT2D eigenvalue weighted by molar-refractivity contribution is -0.119. The smallest absolute Gasteiger partial charge is 0.240 e. The number of imidazole rings is 1. The largest absolute Gasteiger partial charge is 0.335 e. The molecule has 1 aliphatic heterocycles. The summed E-state index contributed by atoms with van der Waals surface area (Å²) in [7, 11) is 1.86. The normalized spacial score (nSPS) is 16.1. The molecule has 1 saturated heterocycles. The molecule has 3 rings (SSSR count). The number of aromatic nitrogens is 2. The molecule has 0 bridgehead atoms. The Hall–Kier alpha value is -2.14. The first-order valence-electron chi connectivity index (χ1n) is 9.21. The SMILES string of the molecule is CCc1nccn1CC1CCN(CC(=O)N(C)c2ccccc2)CC1. The Balaban J connectivity index is 1.47. The zero-order chi connectivity index (χ0) is 17.6. The molecule has 0 unspecified atom stereocenters. The van der Waals surface area contributed by atoms with Crippen LogP contribution in [0.25, 0.3) is 0 Å². The summed E-state index contributed by atoms with van der Waals surface area (Å²) in [6.07, 6.45) is 7.25. The van der Waals surface area contributed by atoms with Gasteiger partial charge in [-0.1, -0.05) is 25.1 Å². The van der Waals surface area contributed by atoms with Crippen LogP contribution in [0.2, 0.25) is 0 Å². The molecule has 1 aromatic heterocycles. The summed E-state index contributed by atoms with van der Waals surface area (Å²) in [4.78, 5) is 20.9. The van der Waals surface area contributed by atoms with Gasteiger partial charge in [0.15, 0.2) is 0 Å². The molecule has 25 heavy (non-hydrogen) atoms. The molecular formula is C20H28N4O. The molecule has 0 atom stereocenters. The van der Waals surface area contributed by atoms with Crippen LogP contribution in [-0.4, -0.2) is 47.0 Å². The molecule has 0 N–H and O–H groups in total. The van der Waals surface area contributed by atoms with Gasteiger partial charge in [0, 0.05) is 38.1 Å². The standard InChI is InChI=1S/C20H28N4O/c1-3-19-21-11-14-24(19)15-17-9-12-23(13-10-17)16-20(25)22(2)18-7-5-4-6-8-18/h4-8,11,14,17H,3,9-10,12-13,15-16H2,1-2H3. The number of anilines is 1. The number of hydrogen-bond acceptors (Lipinski definition) is 3. The van der Waals surface area contributed by atoms with Gasteiger partial charge in [0.2, 0.25) is 5.91 Å². The fraction of sp³-hybridized carbons (Fsp3) is 0.500. The van der Waals surface area contributed by atoms with Crippen LogP contribution in [-0.2, 0) is 17.8 Å². The van der Waals surface area contributed by atoms with Gasteiger partial charge in [-0.15, -0.1) is 0 Å². The minimum Gasteiger partial charge on any atom is -0.335 e. The number of benzene rings is 1. The van der Waals surface area contributed by atoms with Crippen molar-refractivity contribution in [3.63, 3.8) is 0 Å². The molecule has 0 radical (unpaired) electrons. The molecular weight excluding hydrogens is 312 g/mol. The average Bonchev–Trinajstić information content (AvgIpc) is 3.10. The lowest BCUT2D eigenvalue weighted by atomic mass is 9.96. The molecule has 1 amide bonds. The summed E-state index contributed by atoms with van der Waals surface area (Å²) in [5.74, 6) is 2.01. The van der Waals surface area contributed by atoms with Crippen LogP contribution < -0.4 is 4.90 Å². The van der Waals surface area contributed by atoms with Crippen molar-refractivity contribution in [2.45, 2.75) is 32.7 Å². The number of aryl methyl sites for hydroxylation is 1. The van der Waals surface area contributed by atoms with Gasteiger partial charge in [-0.25, -0.2) is 4.98 Å². The highest BCUT2D eigenvalue weighted by Crippen LogP contribution is 2.20.